The number of anilines is 1. The van der Waals surface area contributed by atoms with Gasteiger partial charge in [0, 0.05) is 31.7 Å². The van der Waals surface area contributed by atoms with Crippen LogP contribution in [0.5, 0.6) is 17.2 Å². The van der Waals surface area contributed by atoms with Crippen LogP contribution in [0.25, 0.3) is 0 Å². The first-order chi connectivity index (χ1) is 17.1. The van der Waals surface area contributed by atoms with E-state index in [1.54, 1.807) is 45.6 Å². The highest BCUT2D eigenvalue weighted by Gasteiger charge is 2.24. The Kier molecular flexibility index (Phi) is 7.72. The molecule has 3 aromatic rings. The molecule has 4 rings (SSSR count). The monoisotopic (exact) mass is 474 g/mol. The van der Waals surface area contributed by atoms with Crippen molar-refractivity contribution >= 4 is 23.2 Å². The molecule has 1 fully saturated rings. The lowest BCUT2D eigenvalue weighted by Gasteiger charge is -2.38. The highest BCUT2D eigenvalue weighted by atomic mass is 16.5. The minimum atomic E-state index is -0.242. The zero-order valence-corrected chi connectivity index (χ0v) is 20.2. The van der Waals surface area contributed by atoms with Crippen molar-refractivity contribution in [3.63, 3.8) is 0 Å². The highest BCUT2D eigenvalue weighted by molar-refractivity contribution is 6.06. The van der Waals surface area contributed by atoms with Gasteiger partial charge in [-0.15, -0.1) is 0 Å². The number of amides is 1. The van der Waals surface area contributed by atoms with Crippen LogP contribution < -0.4 is 24.4 Å². The Bertz CT molecular complexity index is 1170. The van der Waals surface area contributed by atoms with E-state index in [9.17, 15) is 4.79 Å². The summed E-state index contributed by atoms with van der Waals surface area (Å²) >= 11 is 0. The molecular weight excluding hydrogens is 444 g/mol. The molecule has 0 aliphatic carbocycles. The number of nitrogens with one attached hydrogen (secondary N) is 1. The van der Waals surface area contributed by atoms with Crippen LogP contribution in [0.15, 0.2) is 77.8 Å². The third kappa shape index (κ3) is 5.66. The first-order valence-electron chi connectivity index (χ1n) is 11.4. The van der Waals surface area contributed by atoms with E-state index < -0.39 is 0 Å². The summed E-state index contributed by atoms with van der Waals surface area (Å²) in [5.74, 6) is 2.41. The summed E-state index contributed by atoms with van der Waals surface area (Å²) in [6.07, 6.45) is 0. The van der Waals surface area contributed by atoms with Gasteiger partial charge < -0.3 is 24.0 Å². The number of para-hydroxylation sites is 4. The molecule has 3 aromatic carbocycles. The van der Waals surface area contributed by atoms with Crippen LogP contribution >= 0.6 is 0 Å². The Labute approximate surface area is 205 Å². The number of aliphatic imine (C=N–C) groups is 1. The number of rotatable bonds is 6. The summed E-state index contributed by atoms with van der Waals surface area (Å²) < 4.78 is 16.2. The number of methoxy groups -OCH3 is 3. The fraction of sp³-hybridized carbons (Fsp3) is 0.259. The van der Waals surface area contributed by atoms with E-state index in [0.29, 0.717) is 41.8 Å². The highest BCUT2D eigenvalue weighted by Crippen LogP contribution is 2.29. The summed E-state index contributed by atoms with van der Waals surface area (Å²) in [4.78, 5) is 22.3. The SMILES string of the molecule is COc1ccc(C(=O)NC(=Nc2ccccc2OC)N2CCN(c3ccccc3OC)CC2)cc1. The molecule has 182 valence electrons. The van der Waals surface area contributed by atoms with Gasteiger partial charge in [0.15, 0.2) is 0 Å². The number of hydrogen-bond donors (Lipinski definition) is 1. The fourth-order valence-electron chi connectivity index (χ4n) is 3.98. The number of nitrogens with zero attached hydrogens (tertiary/aromatic N) is 3. The second-order valence-electron chi connectivity index (χ2n) is 7.94. The smallest absolute Gasteiger partial charge is 0.257 e. The van der Waals surface area contributed by atoms with Gasteiger partial charge in [0.25, 0.3) is 5.91 Å². The molecule has 0 aromatic heterocycles. The molecule has 0 spiro atoms. The van der Waals surface area contributed by atoms with Crippen molar-refractivity contribution in [1.29, 1.82) is 0 Å². The number of hydrogen-bond acceptors (Lipinski definition) is 6. The molecule has 0 radical (unpaired) electrons. The van der Waals surface area contributed by atoms with Crippen molar-refractivity contribution in [3.05, 3.63) is 78.4 Å². The topological polar surface area (TPSA) is 75.6 Å². The minimum absolute atomic E-state index is 0.242. The van der Waals surface area contributed by atoms with Gasteiger partial charge in [-0.05, 0) is 48.5 Å². The quantitative estimate of drug-likeness (QED) is 0.431. The second-order valence-corrected chi connectivity index (χ2v) is 7.94. The zero-order valence-electron chi connectivity index (χ0n) is 20.2. The fourth-order valence-corrected chi connectivity index (χ4v) is 3.98. The van der Waals surface area contributed by atoms with Gasteiger partial charge in [-0.2, -0.15) is 0 Å². The lowest BCUT2D eigenvalue weighted by atomic mass is 10.2. The predicted molar refractivity (Wildman–Crippen MR) is 137 cm³/mol. The van der Waals surface area contributed by atoms with Crippen molar-refractivity contribution in [3.8, 4) is 17.2 Å². The first kappa shape index (κ1) is 23.9. The van der Waals surface area contributed by atoms with E-state index >= 15 is 0 Å². The zero-order chi connectivity index (χ0) is 24.6. The van der Waals surface area contributed by atoms with Crippen molar-refractivity contribution in [2.75, 3.05) is 52.4 Å². The molecule has 8 nitrogen and oxygen atoms in total. The van der Waals surface area contributed by atoms with Gasteiger partial charge in [0.1, 0.15) is 22.9 Å². The third-order valence-electron chi connectivity index (χ3n) is 5.89. The molecule has 1 aliphatic heterocycles. The van der Waals surface area contributed by atoms with Crippen LogP contribution in [-0.2, 0) is 0 Å². The molecule has 0 saturated carbocycles. The van der Waals surface area contributed by atoms with Gasteiger partial charge >= 0.3 is 0 Å². The molecule has 35 heavy (non-hydrogen) atoms. The van der Waals surface area contributed by atoms with Crippen LogP contribution in [0.4, 0.5) is 11.4 Å². The summed E-state index contributed by atoms with van der Waals surface area (Å²) in [7, 11) is 4.88. The lowest BCUT2D eigenvalue weighted by molar-refractivity contribution is 0.0971. The second kappa shape index (κ2) is 11.3. The molecule has 0 unspecified atom stereocenters. The number of guanidine groups is 1. The van der Waals surface area contributed by atoms with Crippen molar-refractivity contribution in [1.82, 2.24) is 10.2 Å². The van der Waals surface area contributed by atoms with E-state index in [4.69, 9.17) is 19.2 Å². The Hall–Kier alpha value is -4.20. The van der Waals surface area contributed by atoms with Gasteiger partial charge in [0.2, 0.25) is 5.96 Å². The maximum Gasteiger partial charge on any atom is 0.257 e. The van der Waals surface area contributed by atoms with Crippen LogP contribution in [-0.4, -0.2) is 64.3 Å². The Balaban J connectivity index is 1.57. The normalized spacial score (nSPS) is 13.9. The Morgan fingerprint density at radius 1 is 0.771 bits per heavy atom. The average Bonchev–Trinajstić information content (AvgIpc) is 2.93. The standard InChI is InChI=1S/C27H30N4O4/c1-33-21-14-12-20(13-15-21)26(32)29-27(28-22-8-4-6-10-24(22)34-2)31-18-16-30(17-19-31)23-9-5-7-11-25(23)35-3/h4-15H,16-19H2,1-3H3,(H,28,29,32). The predicted octanol–water partition coefficient (Wildman–Crippen LogP) is 3.95. The van der Waals surface area contributed by atoms with Crippen molar-refractivity contribution in [2.45, 2.75) is 0 Å². The van der Waals surface area contributed by atoms with Crippen LogP contribution in [0.2, 0.25) is 0 Å². The molecular formula is C27H30N4O4. The van der Waals surface area contributed by atoms with Crippen LogP contribution in [0.3, 0.4) is 0 Å². The third-order valence-corrected chi connectivity index (χ3v) is 5.89. The molecule has 1 saturated heterocycles. The maximum atomic E-state index is 13.1. The van der Waals surface area contributed by atoms with E-state index in [1.165, 1.54) is 0 Å². The van der Waals surface area contributed by atoms with Gasteiger partial charge in [-0.25, -0.2) is 4.99 Å². The maximum absolute atomic E-state index is 13.1. The van der Waals surface area contributed by atoms with E-state index in [1.807, 2.05) is 42.5 Å². The number of carbonyl (C=O) groups excluding carboxylic acids is 1. The Morgan fingerprint density at radius 2 is 1.40 bits per heavy atom. The van der Waals surface area contributed by atoms with E-state index in [-0.39, 0.29) is 5.91 Å². The van der Waals surface area contributed by atoms with Crippen molar-refractivity contribution in [2.24, 2.45) is 4.99 Å². The van der Waals surface area contributed by atoms with E-state index in [2.05, 4.69) is 21.2 Å². The molecule has 1 aliphatic rings. The van der Waals surface area contributed by atoms with Gasteiger partial charge in [-0.3, -0.25) is 10.1 Å². The molecule has 0 bridgehead atoms. The van der Waals surface area contributed by atoms with Crippen LogP contribution in [0, 0.1) is 0 Å². The molecule has 1 N–H and O–H groups in total. The number of carbonyl (C=O) groups is 1. The summed E-state index contributed by atoms with van der Waals surface area (Å²) in [6, 6.07) is 22.5. The average molecular weight is 475 g/mol. The van der Waals surface area contributed by atoms with Crippen LogP contribution in [0.1, 0.15) is 10.4 Å². The first-order valence-corrected chi connectivity index (χ1v) is 11.4. The van der Waals surface area contributed by atoms with E-state index in [0.717, 1.165) is 24.5 Å². The van der Waals surface area contributed by atoms with Gasteiger partial charge in [0.05, 0.1) is 27.0 Å². The number of piperazine rings is 1. The van der Waals surface area contributed by atoms with Crippen molar-refractivity contribution < 1.29 is 19.0 Å². The molecule has 1 heterocycles. The summed E-state index contributed by atoms with van der Waals surface area (Å²) in [6.45, 7) is 2.86. The largest absolute Gasteiger partial charge is 0.497 e. The van der Waals surface area contributed by atoms with Gasteiger partial charge in [-0.1, -0.05) is 24.3 Å². The number of ether oxygens (including phenoxy) is 3. The number of benzene rings is 3. The molecule has 8 heteroatoms. The molecule has 0 atom stereocenters. The lowest BCUT2D eigenvalue weighted by Crippen LogP contribution is -2.53. The summed E-state index contributed by atoms with van der Waals surface area (Å²) in [5.41, 5.74) is 2.22. The minimum Gasteiger partial charge on any atom is -0.497 e. The summed E-state index contributed by atoms with van der Waals surface area (Å²) in [5, 5.41) is 3.01. The molecule has 1 amide bonds. The Morgan fingerprint density at radius 3 is 2.06 bits per heavy atom.